The van der Waals surface area contributed by atoms with E-state index in [-0.39, 0.29) is 18.4 Å². The number of hydrogen-bond acceptors (Lipinski definition) is 5. The molecule has 4 rings (SSSR count). The Labute approximate surface area is 234 Å². The molecule has 0 radical (unpaired) electrons. The van der Waals surface area contributed by atoms with Crippen LogP contribution in [0.5, 0.6) is 11.5 Å². The van der Waals surface area contributed by atoms with Gasteiger partial charge in [-0.3, -0.25) is 9.59 Å². The van der Waals surface area contributed by atoms with E-state index >= 15 is 0 Å². The van der Waals surface area contributed by atoms with Crippen molar-refractivity contribution in [2.24, 2.45) is 0 Å². The normalized spacial score (nSPS) is 13.6. The van der Waals surface area contributed by atoms with Crippen LogP contribution in [0, 0.1) is 0 Å². The highest BCUT2D eigenvalue weighted by atomic mass is 79.9. The second-order valence-corrected chi connectivity index (χ2v) is 10.2. The number of methoxy groups -OCH3 is 1. The minimum Gasteiger partial charge on any atom is -0.493 e. The number of carbonyl (C=O) groups excluding carboxylic acids is 2. The Morgan fingerprint density at radius 3 is 2.43 bits per heavy atom. The Bertz CT molecular complexity index is 1270. The number of hydrogen-bond donors (Lipinski definition) is 1. The Kier molecular flexibility index (Phi) is 9.18. The summed E-state index contributed by atoms with van der Waals surface area (Å²) in [5, 5.41) is 3.80. The van der Waals surface area contributed by atoms with Crippen LogP contribution in [0.2, 0.25) is 10.0 Å². The molecule has 1 heterocycles. The monoisotopic (exact) mass is 605 g/mol. The van der Waals surface area contributed by atoms with Gasteiger partial charge in [0.15, 0.2) is 18.1 Å². The van der Waals surface area contributed by atoms with Gasteiger partial charge in [0.1, 0.15) is 0 Å². The zero-order valence-corrected chi connectivity index (χ0v) is 23.3. The van der Waals surface area contributed by atoms with Crippen LogP contribution in [0.25, 0.3) is 0 Å². The van der Waals surface area contributed by atoms with Crippen molar-refractivity contribution in [2.45, 2.75) is 6.42 Å². The summed E-state index contributed by atoms with van der Waals surface area (Å²) in [6.07, 6.45) is 0.817. The summed E-state index contributed by atoms with van der Waals surface area (Å²) in [7, 11) is 1.50. The lowest BCUT2D eigenvalue weighted by Crippen LogP contribution is -2.35. The molecule has 0 aliphatic carbocycles. The summed E-state index contributed by atoms with van der Waals surface area (Å²) < 4.78 is 12.0. The number of rotatable bonds is 7. The van der Waals surface area contributed by atoms with Crippen molar-refractivity contribution in [1.82, 2.24) is 4.90 Å². The van der Waals surface area contributed by atoms with Crippen LogP contribution in [-0.4, -0.2) is 56.6 Å². The lowest BCUT2D eigenvalue weighted by atomic mass is 10.1. The average molecular weight is 607 g/mol. The first-order valence-corrected chi connectivity index (χ1v) is 13.2. The van der Waals surface area contributed by atoms with E-state index in [2.05, 4.69) is 26.1 Å². The largest absolute Gasteiger partial charge is 0.493 e. The van der Waals surface area contributed by atoms with Crippen molar-refractivity contribution in [1.29, 1.82) is 0 Å². The number of benzene rings is 3. The van der Waals surface area contributed by atoms with Gasteiger partial charge >= 0.3 is 0 Å². The molecular weight excluding hydrogens is 581 g/mol. The molecule has 1 fully saturated rings. The zero-order chi connectivity index (χ0) is 26.4. The lowest BCUT2D eigenvalue weighted by Gasteiger charge is -2.24. The van der Waals surface area contributed by atoms with Gasteiger partial charge in [-0.25, -0.2) is 0 Å². The maximum Gasteiger partial charge on any atom is 0.262 e. The van der Waals surface area contributed by atoms with E-state index in [1.165, 1.54) is 7.11 Å². The number of halogens is 3. The zero-order valence-electron chi connectivity index (χ0n) is 20.2. The van der Waals surface area contributed by atoms with Gasteiger partial charge in [-0.05, 0) is 67.1 Å². The molecule has 10 heteroatoms. The molecule has 0 saturated carbocycles. The van der Waals surface area contributed by atoms with Crippen molar-refractivity contribution in [3.63, 3.8) is 0 Å². The minimum atomic E-state index is -0.305. The molecule has 0 spiro atoms. The van der Waals surface area contributed by atoms with E-state index in [0.29, 0.717) is 52.4 Å². The highest BCUT2D eigenvalue weighted by Gasteiger charge is 2.22. The van der Waals surface area contributed by atoms with Crippen molar-refractivity contribution < 1.29 is 19.1 Å². The first-order valence-electron chi connectivity index (χ1n) is 11.7. The molecule has 1 saturated heterocycles. The second-order valence-electron chi connectivity index (χ2n) is 8.44. The van der Waals surface area contributed by atoms with E-state index in [4.69, 9.17) is 32.7 Å². The Hall–Kier alpha value is -2.94. The van der Waals surface area contributed by atoms with Gasteiger partial charge in [0, 0.05) is 47.6 Å². The third-order valence-corrected chi connectivity index (χ3v) is 7.22. The number of nitrogens with one attached hydrogen (secondary N) is 1. The van der Waals surface area contributed by atoms with Crippen molar-refractivity contribution >= 4 is 62.3 Å². The molecule has 2 amide bonds. The predicted molar refractivity (Wildman–Crippen MR) is 150 cm³/mol. The standard InChI is InChI=1S/C27H26BrCl2N3O4/c1-36-25-15-18(3-10-24(25)37-17-26(34)31-20-6-4-19(28)5-7-20)27(35)33-12-2-11-32(13-14-33)21-8-9-22(29)23(30)16-21/h3-10,15-16H,2,11-14,17H2,1H3,(H,31,34). The minimum absolute atomic E-state index is 0.0891. The molecule has 0 bridgehead atoms. The summed E-state index contributed by atoms with van der Waals surface area (Å²) in [5.74, 6) is 0.371. The van der Waals surface area contributed by atoms with Crippen LogP contribution < -0.4 is 19.7 Å². The van der Waals surface area contributed by atoms with Gasteiger partial charge in [0.25, 0.3) is 11.8 Å². The van der Waals surface area contributed by atoms with Crippen LogP contribution >= 0.6 is 39.1 Å². The number of ether oxygens (including phenoxy) is 2. The third-order valence-electron chi connectivity index (χ3n) is 5.95. The van der Waals surface area contributed by atoms with Crippen LogP contribution in [0.15, 0.2) is 65.1 Å². The van der Waals surface area contributed by atoms with Crippen molar-refractivity contribution in [3.05, 3.63) is 80.7 Å². The molecular formula is C27H26BrCl2N3O4. The maximum absolute atomic E-state index is 13.3. The molecule has 0 aromatic heterocycles. The van der Waals surface area contributed by atoms with E-state index in [9.17, 15) is 9.59 Å². The molecule has 0 unspecified atom stereocenters. The van der Waals surface area contributed by atoms with E-state index in [0.717, 1.165) is 23.1 Å². The first-order chi connectivity index (χ1) is 17.8. The van der Waals surface area contributed by atoms with Crippen molar-refractivity contribution in [3.8, 4) is 11.5 Å². The number of anilines is 2. The number of carbonyl (C=O) groups is 2. The van der Waals surface area contributed by atoms with Crippen molar-refractivity contribution in [2.75, 3.05) is 50.1 Å². The lowest BCUT2D eigenvalue weighted by molar-refractivity contribution is -0.118. The molecule has 1 aliphatic heterocycles. The van der Waals surface area contributed by atoms with E-state index < -0.39 is 0 Å². The van der Waals surface area contributed by atoms with E-state index in [1.54, 1.807) is 36.4 Å². The van der Waals surface area contributed by atoms with Gasteiger partial charge in [-0.1, -0.05) is 39.1 Å². The molecule has 7 nitrogen and oxygen atoms in total. The summed E-state index contributed by atoms with van der Waals surface area (Å²) in [4.78, 5) is 29.6. The third kappa shape index (κ3) is 7.09. The fourth-order valence-electron chi connectivity index (χ4n) is 4.04. The summed E-state index contributed by atoms with van der Waals surface area (Å²) in [6, 6.07) is 17.8. The Balaban J connectivity index is 1.36. The maximum atomic E-state index is 13.3. The molecule has 0 atom stereocenters. The highest BCUT2D eigenvalue weighted by Crippen LogP contribution is 2.30. The summed E-state index contributed by atoms with van der Waals surface area (Å²) in [6.45, 7) is 2.48. The van der Waals surface area contributed by atoms with Crippen LogP contribution in [0.1, 0.15) is 16.8 Å². The molecule has 194 valence electrons. The smallest absolute Gasteiger partial charge is 0.262 e. The molecule has 3 aromatic rings. The second kappa shape index (κ2) is 12.5. The number of amides is 2. The quantitative estimate of drug-likeness (QED) is 0.350. The Morgan fingerprint density at radius 1 is 0.919 bits per heavy atom. The van der Waals surface area contributed by atoms with Gasteiger partial charge in [0.2, 0.25) is 0 Å². The molecule has 3 aromatic carbocycles. The fourth-order valence-corrected chi connectivity index (χ4v) is 4.59. The predicted octanol–water partition coefficient (Wildman–Crippen LogP) is 6.13. The van der Waals surface area contributed by atoms with Crippen LogP contribution in [-0.2, 0) is 4.79 Å². The van der Waals surface area contributed by atoms with Crippen LogP contribution in [0.3, 0.4) is 0 Å². The molecule has 1 N–H and O–H groups in total. The molecule has 1 aliphatic rings. The van der Waals surface area contributed by atoms with Crippen LogP contribution in [0.4, 0.5) is 11.4 Å². The highest BCUT2D eigenvalue weighted by molar-refractivity contribution is 9.10. The topological polar surface area (TPSA) is 71.1 Å². The number of nitrogens with zero attached hydrogens (tertiary/aromatic N) is 2. The fraction of sp³-hybridized carbons (Fsp3) is 0.259. The van der Waals surface area contributed by atoms with Gasteiger partial charge in [-0.2, -0.15) is 0 Å². The van der Waals surface area contributed by atoms with Gasteiger partial charge in [0.05, 0.1) is 17.2 Å². The van der Waals surface area contributed by atoms with Gasteiger partial charge in [-0.15, -0.1) is 0 Å². The first kappa shape index (κ1) is 27.1. The average Bonchev–Trinajstić information content (AvgIpc) is 3.16. The molecule has 37 heavy (non-hydrogen) atoms. The summed E-state index contributed by atoms with van der Waals surface area (Å²) in [5.41, 5.74) is 2.14. The Morgan fingerprint density at radius 2 is 1.70 bits per heavy atom. The van der Waals surface area contributed by atoms with Gasteiger partial charge < -0.3 is 24.6 Å². The SMILES string of the molecule is COc1cc(C(=O)N2CCCN(c3ccc(Cl)c(Cl)c3)CC2)ccc1OCC(=O)Nc1ccc(Br)cc1. The van der Waals surface area contributed by atoms with E-state index in [1.807, 2.05) is 29.2 Å². The summed E-state index contributed by atoms with van der Waals surface area (Å²) >= 11 is 15.6.